The summed E-state index contributed by atoms with van der Waals surface area (Å²) in [6, 6.07) is 0. The number of carbonyl (C=O) groups is 2. The number of nitrogens with two attached hydrogens (primary N) is 1. The van der Waals surface area contributed by atoms with Crippen LogP contribution in [-0.2, 0) is 9.59 Å². The zero-order valence-electron chi connectivity index (χ0n) is 9.34. The van der Waals surface area contributed by atoms with Crippen LogP contribution < -0.4 is 16.4 Å². The number of hydrogen-bond acceptors (Lipinski definition) is 3. The van der Waals surface area contributed by atoms with Crippen molar-refractivity contribution in [1.29, 1.82) is 0 Å². The third-order valence-electron chi connectivity index (χ3n) is 2.64. The minimum atomic E-state index is -0.680. The van der Waals surface area contributed by atoms with Gasteiger partial charge in [-0.25, -0.2) is 0 Å². The van der Waals surface area contributed by atoms with E-state index in [4.69, 9.17) is 18.0 Å². The van der Waals surface area contributed by atoms with Crippen LogP contribution in [0.4, 0.5) is 0 Å². The van der Waals surface area contributed by atoms with Crippen molar-refractivity contribution in [2.24, 2.45) is 11.1 Å². The van der Waals surface area contributed by atoms with Crippen LogP contribution in [0.3, 0.4) is 0 Å². The van der Waals surface area contributed by atoms with E-state index in [2.05, 4.69) is 10.6 Å². The van der Waals surface area contributed by atoms with Crippen LogP contribution in [0.25, 0.3) is 0 Å². The Hall–Kier alpha value is -1.17. The van der Waals surface area contributed by atoms with Gasteiger partial charge in [-0.05, 0) is 19.3 Å². The Morgan fingerprint density at radius 2 is 2.00 bits per heavy atom. The molecule has 1 rings (SSSR count). The molecule has 0 aliphatic heterocycles. The Morgan fingerprint density at radius 1 is 1.38 bits per heavy atom. The Kier molecular flexibility index (Phi) is 4.23. The number of carbonyl (C=O) groups excluding carboxylic acids is 2. The Bertz CT molecular complexity index is 313. The fourth-order valence-corrected chi connectivity index (χ4v) is 1.66. The van der Waals surface area contributed by atoms with E-state index < -0.39 is 5.41 Å². The van der Waals surface area contributed by atoms with E-state index in [9.17, 15) is 9.59 Å². The average molecular weight is 243 g/mol. The molecule has 0 spiro atoms. The maximum absolute atomic E-state index is 11.7. The summed E-state index contributed by atoms with van der Waals surface area (Å²) in [4.78, 5) is 23.1. The Balaban J connectivity index is 2.31. The van der Waals surface area contributed by atoms with Crippen LogP contribution in [0.15, 0.2) is 0 Å². The lowest BCUT2D eigenvalue weighted by Crippen LogP contribution is -2.44. The number of amides is 2. The number of hydrogen-bond donors (Lipinski definition) is 3. The molecule has 0 bridgehead atoms. The molecule has 1 saturated carbocycles. The van der Waals surface area contributed by atoms with Gasteiger partial charge >= 0.3 is 0 Å². The largest absolute Gasteiger partial charge is 0.392 e. The van der Waals surface area contributed by atoms with Crippen LogP contribution in [0.1, 0.15) is 26.2 Å². The predicted octanol–water partition coefficient (Wildman–Crippen LogP) is -0.305. The van der Waals surface area contributed by atoms with Crippen LogP contribution in [0.5, 0.6) is 0 Å². The SMILES string of the molecule is CCCNC(=O)CNC(=O)C1(C(N)=S)CC1. The molecule has 0 aromatic heterocycles. The molecule has 0 aromatic rings. The summed E-state index contributed by atoms with van der Waals surface area (Å²) in [5, 5.41) is 5.23. The van der Waals surface area contributed by atoms with Crippen LogP contribution in [0, 0.1) is 5.41 Å². The number of nitrogens with one attached hydrogen (secondary N) is 2. The lowest BCUT2D eigenvalue weighted by Gasteiger charge is -2.13. The average Bonchev–Trinajstić information content (AvgIpc) is 3.03. The standard InChI is InChI=1S/C10H17N3O2S/c1-2-5-12-7(14)6-13-9(15)10(3-4-10)8(11)16/h2-6H2,1H3,(H2,11,16)(H,12,14)(H,13,15). The van der Waals surface area contributed by atoms with Gasteiger partial charge in [-0.3, -0.25) is 9.59 Å². The quantitative estimate of drug-likeness (QED) is 0.559. The first kappa shape index (κ1) is 12.9. The molecule has 0 aromatic carbocycles. The monoisotopic (exact) mass is 243 g/mol. The highest BCUT2D eigenvalue weighted by Crippen LogP contribution is 2.46. The zero-order valence-corrected chi connectivity index (χ0v) is 10.2. The minimum Gasteiger partial charge on any atom is -0.392 e. The summed E-state index contributed by atoms with van der Waals surface area (Å²) < 4.78 is 0. The minimum absolute atomic E-state index is 0.0107. The highest BCUT2D eigenvalue weighted by atomic mass is 32.1. The molecule has 0 atom stereocenters. The summed E-state index contributed by atoms with van der Waals surface area (Å²) >= 11 is 4.84. The summed E-state index contributed by atoms with van der Waals surface area (Å²) in [5.74, 6) is -0.416. The van der Waals surface area contributed by atoms with Crippen molar-refractivity contribution in [3.63, 3.8) is 0 Å². The van der Waals surface area contributed by atoms with E-state index in [1.165, 1.54) is 0 Å². The molecular weight excluding hydrogens is 226 g/mol. The maximum atomic E-state index is 11.7. The van der Waals surface area contributed by atoms with Crippen molar-refractivity contribution in [2.45, 2.75) is 26.2 Å². The second-order valence-corrected chi connectivity index (χ2v) is 4.42. The van der Waals surface area contributed by atoms with Crippen molar-refractivity contribution in [1.82, 2.24) is 10.6 Å². The highest BCUT2D eigenvalue weighted by molar-refractivity contribution is 7.80. The lowest BCUT2D eigenvalue weighted by molar-refractivity contribution is -0.127. The first-order valence-electron chi connectivity index (χ1n) is 5.38. The molecule has 1 aliphatic carbocycles. The summed E-state index contributed by atoms with van der Waals surface area (Å²) in [7, 11) is 0. The van der Waals surface area contributed by atoms with Gasteiger partial charge in [0.1, 0.15) is 0 Å². The van der Waals surface area contributed by atoms with Crippen molar-refractivity contribution in [2.75, 3.05) is 13.1 Å². The van der Waals surface area contributed by atoms with Gasteiger partial charge in [0, 0.05) is 6.54 Å². The first-order chi connectivity index (χ1) is 7.53. The molecule has 0 radical (unpaired) electrons. The van der Waals surface area contributed by atoms with Gasteiger partial charge in [0.2, 0.25) is 11.8 Å². The molecule has 4 N–H and O–H groups in total. The highest BCUT2D eigenvalue weighted by Gasteiger charge is 2.52. The second-order valence-electron chi connectivity index (χ2n) is 3.98. The number of rotatable bonds is 6. The first-order valence-corrected chi connectivity index (χ1v) is 5.78. The van der Waals surface area contributed by atoms with Crippen LogP contribution in [0.2, 0.25) is 0 Å². The van der Waals surface area contributed by atoms with E-state index in [1.807, 2.05) is 6.92 Å². The van der Waals surface area contributed by atoms with Gasteiger partial charge in [0.25, 0.3) is 0 Å². The number of thiocarbonyl (C=S) groups is 1. The third-order valence-corrected chi connectivity index (χ3v) is 3.03. The Labute approximate surface area is 100 Å². The molecule has 1 aliphatic rings. The van der Waals surface area contributed by atoms with Gasteiger partial charge in [-0.15, -0.1) is 0 Å². The summed E-state index contributed by atoms with van der Waals surface area (Å²) in [6.07, 6.45) is 2.24. The smallest absolute Gasteiger partial charge is 0.239 e. The van der Waals surface area contributed by atoms with Gasteiger partial charge < -0.3 is 16.4 Å². The molecule has 90 valence electrons. The molecule has 0 unspecified atom stereocenters. The lowest BCUT2D eigenvalue weighted by atomic mass is 10.1. The fourth-order valence-electron chi connectivity index (χ4n) is 1.37. The predicted molar refractivity (Wildman–Crippen MR) is 64.8 cm³/mol. The summed E-state index contributed by atoms with van der Waals surface area (Å²) in [6.45, 7) is 2.57. The van der Waals surface area contributed by atoms with Crippen LogP contribution >= 0.6 is 12.2 Å². The molecule has 2 amide bonds. The molecule has 16 heavy (non-hydrogen) atoms. The second kappa shape index (κ2) is 5.25. The summed E-state index contributed by atoms with van der Waals surface area (Å²) in [5.41, 5.74) is 4.81. The molecule has 6 heteroatoms. The molecule has 5 nitrogen and oxygen atoms in total. The van der Waals surface area contributed by atoms with Crippen LogP contribution in [-0.4, -0.2) is 29.9 Å². The van der Waals surface area contributed by atoms with Gasteiger partial charge in [0.05, 0.1) is 16.9 Å². The maximum Gasteiger partial charge on any atom is 0.239 e. The molecule has 0 saturated heterocycles. The third kappa shape index (κ3) is 2.91. The van der Waals surface area contributed by atoms with E-state index in [-0.39, 0.29) is 23.3 Å². The van der Waals surface area contributed by atoms with E-state index in [0.29, 0.717) is 19.4 Å². The topological polar surface area (TPSA) is 84.2 Å². The Morgan fingerprint density at radius 3 is 2.44 bits per heavy atom. The van der Waals surface area contributed by atoms with Crippen molar-refractivity contribution >= 4 is 29.0 Å². The molecular formula is C10H17N3O2S. The van der Waals surface area contributed by atoms with Crippen molar-refractivity contribution in [3.05, 3.63) is 0 Å². The van der Waals surface area contributed by atoms with E-state index >= 15 is 0 Å². The van der Waals surface area contributed by atoms with Gasteiger partial charge in [0.15, 0.2) is 0 Å². The molecule has 0 heterocycles. The normalized spacial score (nSPS) is 16.3. The van der Waals surface area contributed by atoms with Gasteiger partial charge in [-0.1, -0.05) is 19.1 Å². The van der Waals surface area contributed by atoms with Crippen molar-refractivity contribution < 1.29 is 9.59 Å². The van der Waals surface area contributed by atoms with E-state index in [0.717, 1.165) is 6.42 Å². The van der Waals surface area contributed by atoms with Gasteiger partial charge in [-0.2, -0.15) is 0 Å². The zero-order chi connectivity index (χ0) is 12.2. The van der Waals surface area contributed by atoms with Crippen molar-refractivity contribution in [3.8, 4) is 0 Å². The molecule has 1 fully saturated rings. The fraction of sp³-hybridized carbons (Fsp3) is 0.700. The van der Waals surface area contributed by atoms with E-state index in [1.54, 1.807) is 0 Å².